The van der Waals surface area contributed by atoms with Crippen LogP contribution >= 0.6 is 0 Å². The Morgan fingerprint density at radius 2 is 1.84 bits per heavy atom. The Morgan fingerprint density at radius 3 is 2.55 bits per heavy atom. The van der Waals surface area contributed by atoms with Gasteiger partial charge in [0.05, 0.1) is 6.61 Å². The van der Waals surface area contributed by atoms with Gasteiger partial charge >= 0.3 is 5.97 Å². The minimum atomic E-state index is -0.772. The molecule has 3 rings (SSSR count). The van der Waals surface area contributed by atoms with E-state index in [0.717, 1.165) is 30.4 Å². The molecule has 0 saturated carbocycles. The molecule has 0 radical (unpaired) electrons. The van der Waals surface area contributed by atoms with Crippen molar-refractivity contribution < 1.29 is 23.9 Å². The van der Waals surface area contributed by atoms with Crippen molar-refractivity contribution in [1.29, 1.82) is 0 Å². The summed E-state index contributed by atoms with van der Waals surface area (Å²) >= 11 is 0. The standard InChI is InChI=1S/C31H42N2O5/c1-4-31(2,3)28(34)29(35)33-20-9-8-16-26(33)30(36)38-27(18-17-23-12-6-5-7-13-23)24-14-10-15-25(22-24)37-21-11-19-32/h5-7,10,12-15,22,26-27H,4,8-9,11,16-21,32H2,1-3H3/t26?,27-/m1/s1. The zero-order chi connectivity index (χ0) is 27.5. The molecule has 1 aliphatic rings. The van der Waals surface area contributed by atoms with E-state index in [1.54, 1.807) is 13.8 Å². The molecule has 1 heterocycles. The minimum absolute atomic E-state index is 0.378. The molecule has 2 N–H and O–H groups in total. The highest BCUT2D eigenvalue weighted by atomic mass is 16.5. The molecule has 1 aliphatic heterocycles. The summed E-state index contributed by atoms with van der Waals surface area (Å²) in [6, 6.07) is 16.9. The minimum Gasteiger partial charge on any atom is -0.494 e. The number of likely N-dealkylation sites (tertiary alicyclic amines) is 1. The molecule has 1 amide bonds. The van der Waals surface area contributed by atoms with Crippen molar-refractivity contribution in [1.82, 2.24) is 4.90 Å². The molecule has 38 heavy (non-hydrogen) atoms. The first-order chi connectivity index (χ1) is 18.3. The lowest BCUT2D eigenvalue weighted by molar-refractivity contribution is -0.164. The number of carbonyl (C=O) groups is 3. The molecule has 2 aromatic carbocycles. The van der Waals surface area contributed by atoms with Crippen LogP contribution in [0.2, 0.25) is 0 Å². The SMILES string of the molecule is CCC(C)(C)C(=O)C(=O)N1CCCCC1C(=O)O[C@H](CCc1ccccc1)c1cccc(OCCCN)c1. The first-order valence-corrected chi connectivity index (χ1v) is 13.8. The first-order valence-electron chi connectivity index (χ1n) is 13.8. The molecule has 2 atom stereocenters. The van der Waals surface area contributed by atoms with Gasteiger partial charge < -0.3 is 20.1 Å². The molecule has 0 aromatic heterocycles. The van der Waals surface area contributed by atoms with Gasteiger partial charge in [-0.3, -0.25) is 9.59 Å². The second-order valence-electron chi connectivity index (χ2n) is 10.6. The number of ether oxygens (including phenoxy) is 2. The summed E-state index contributed by atoms with van der Waals surface area (Å²) in [6.07, 6.45) is 4.10. The van der Waals surface area contributed by atoms with Crippen molar-refractivity contribution in [2.75, 3.05) is 19.7 Å². The van der Waals surface area contributed by atoms with Crippen molar-refractivity contribution >= 4 is 17.7 Å². The Morgan fingerprint density at radius 1 is 1.08 bits per heavy atom. The van der Waals surface area contributed by atoms with Crippen LogP contribution in [0.5, 0.6) is 5.75 Å². The van der Waals surface area contributed by atoms with E-state index < -0.39 is 35.2 Å². The Labute approximate surface area is 226 Å². The molecule has 0 bridgehead atoms. The third-order valence-corrected chi connectivity index (χ3v) is 7.37. The zero-order valence-corrected chi connectivity index (χ0v) is 23.0. The van der Waals surface area contributed by atoms with E-state index in [1.165, 1.54) is 4.90 Å². The maximum absolute atomic E-state index is 13.6. The van der Waals surface area contributed by atoms with Gasteiger partial charge in [-0.05, 0) is 74.8 Å². The molecule has 1 unspecified atom stereocenters. The second-order valence-corrected chi connectivity index (χ2v) is 10.6. The number of hydrogen-bond donors (Lipinski definition) is 1. The number of carbonyl (C=O) groups excluding carboxylic acids is 3. The number of esters is 1. The molecule has 206 valence electrons. The summed E-state index contributed by atoms with van der Waals surface area (Å²) in [5.74, 6) is -0.816. The average molecular weight is 523 g/mol. The number of nitrogens with two attached hydrogens (primary N) is 1. The number of Topliss-reactive ketones (excluding diaryl/α,β-unsaturated/α-hetero) is 1. The molecule has 7 heteroatoms. The highest BCUT2D eigenvalue weighted by Gasteiger charge is 2.41. The van der Waals surface area contributed by atoms with Crippen molar-refractivity contribution in [3.63, 3.8) is 0 Å². The van der Waals surface area contributed by atoms with Crippen LogP contribution < -0.4 is 10.5 Å². The van der Waals surface area contributed by atoms with Gasteiger partial charge in [-0.25, -0.2) is 4.79 Å². The molecule has 2 aromatic rings. The predicted molar refractivity (Wildman–Crippen MR) is 148 cm³/mol. The summed E-state index contributed by atoms with van der Waals surface area (Å²) in [6.45, 7) is 6.86. The quantitative estimate of drug-likeness (QED) is 0.225. The summed E-state index contributed by atoms with van der Waals surface area (Å²) in [5, 5.41) is 0. The van der Waals surface area contributed by atoms with Gasteiger partial charge in [0.1, 0.15) is 17.9 Å². The van der Waals surface area contributed by atoms with E-state index in [2.05, 4.69) is 0 Å². The zero-order valence-electron chi connectivity index (χ0n) is 23.0. The van der Waals surface area contributed by atoms with Gasteiger partial charge in [-0.15, -0.1) is 0 Å². The maximum atomic E-state index is 13.6. The average Bonchev–Trinajstić information content (AvgIpc) is 2.95. The highest BCUT2D eigenvalue weighted by molar-refractivity contribution is 6.38. The number of benzene rings is 2. The second kappa shape index (κ2) is 14.1. The number of amides is 1. The molecular weight excluding hydrogens is 480 g/mol. The fourth-order valence-corrected chi connectivity index (χ4v) is 4.53. The van der Waals surface area contributed by atoms with Gasteiger partial charge in [0.2, 0.25) is 5.78 Å². The predicted octanol–water partition coefficient (Wildman–Crippen LogP) is 5.02. The topological polar surface area (TPSA) is 98.9 Å². The van der Waals surface area contributed by atoms with Crippen molar-refractivity contribution in [3.8, 4) is 5.75 Å². The van der Waals surface area contributed by atoms with E-state index in [1.807, 2.05) is 61.5 Å². The van der Waals surface area contributed by atoms with Crippen LogP contribution in [-0.4, -0.2) is 48.3 Å². The summed E-state index contributed by atoms with van der Waals surface area (Å²) < 4.78 is 12.0. The van der Waals surface area contributed by atoms with Gasteiger partial charge in [-0.2, -0.15) is 0 Å². The van der Waals surface area contributed by atoms with E-state index in [-0.39, 0.29) is 0 Å². The Kier molecular flexibility index (Phi) is 10.9. The molecule has 1 fully saturated rings. The van der Waals surface area contributed by atoms with Crippen molar-refractivity contribution in [2.45, 2.75) is 77.9 Å². The monoisotopic (exact) mass is 522 g/mol. The van der Waals surface area contributed by atoms with Gasteiger partial charge in [-0.1, -0.05) is 63.2 Å². The van der Waals surface area contributed by atoms with Crippen LogP contribution in [0.3, 0.4) is 0 Å². The van der Waals surface area contributed by atoms with Gasteiger partial charge in [0.25, 0.3) is 5.91 Å². The molecule has 7 nitrogen and oxygen atoms in total. The van der Waals surface area contributed by atoms with Crippen LogP contribution in [0.1, 0.15) is 76.5 Å². The third kappa shape index (κ3) is 7.90. The first kappa shape index (κ1) is 29.4. The van der Waals surface area contributed by atoms with Crippen LogP contribution in [0, 0.1) is 5.41 Å². The van der Waals surface area contributed by atoms with Crippen molar-refractivity contribution in [3.05, 3.63) is 65.7 Å². The lowest BCUT2D eigenvalue weighted by Crippen LogP contribution is -2.53. The number of hydrogen-bond acceptors (Lipinski definition) is 6. The highest BCUT2D eigenvalue weighted by Crippen LogP contribution is 2.30. The van der Waals surface area contributed by atoms with E-state index in [0.29, 0.717) is 51.1 Å². The molecule has 0 aliphatic carbocycles. The molecule has 0 spiro atoms. The number of rotatable bonds is 13. The Hall–Kier alpha value is -3.19. The number of ketones is 1. The largest absolute Gasteiger partial charge is 0.494 e. The Balaban J connectivity index is 1.81. The fraction of sp³-hybridized carbons (Fsp3) is 0.516. The van der Waals surface area contributed by atoms with E-state index in [9.17, 15) is 14.4 Å². The normalized spacial score (nSPS) is 16.5. The molecular formula is C31H42N2O5. The molecule has 1 saturated heterocycles. The van der Waals surface area contributed by atoms with Crippen molar-refractivity contribution in [2.24, 2.45) is 11.1 Å². The number of aryl methyl sites for hydroxylation is 1. The lowest BCUT2D eigenvalue weighted by atomic mass is 9.84. The fourth-order valence-electron chi connectivity index (χ4n) is 4.53. The number of piperidine rings is 1. The smallest absolute Gasteiger partial charge is 0.329 e. The van der Waals surface area contributed by atoms with Crippen LogP contribution in [-0.2, 0) is 25.5 Å². The van der Waals surface area contributed by atoms with Gasteiger partial charge in [0.15, 0.2) is 0 Å². The van der Waals surface area contributed by atoms with E-state index in [4.69, 9.17) is 15.2 Å². The van der Waals surface area contributed by atoms with Crippen LogP contribution in [0.15, 0.2) is 54.6 Å². The number of nitrogens with zero attached hydrogens (tertiary/aromatic N) is 1. The third-order valence-electron chi connectivity index (χ3n) is 7.37. The summed E-state index contributed by atoms with van der Waals surface area (Å²) in [5.41, 5.74) is 6.79. The van der Waals surface area contributed by atoms with Gasteiger partial charge in [0, 0.05) is 12.0 Å². The van der Waals surface area contributed by atoms with Crippen LogP contribution in [0.4, 0.5) is 0 Å². The van der Waals surface area contributed by atoms with E-state index >= 15 is 0 Å². The Bertz CT molecular complexity index is 1070. The summed E-state index contributed by atoms with van der Waals surface area (Å²) in [7, 11) is 0. The summed E-state index contributed by atoms with van der Waals surface area (Å²) in [4.78, 5) is 41.2. The lowest BCUT2D eigenvalue weighted by Gasteiger charge is -2.36. The van der Waals surface area contributed by atoms with Crippen LogP contribution in [0.25, 0.3) is 0 Å². The maximum Gasteiger partial charge on any atom is 0.329 e.